The lowest BCUT2D eigenvalue weighted by molar-refractivity contribution is -0.137. The molecule has 0 fully saturated rings. The van der Waals surface area contributed by atoms with E-state index in [2.05, 4.69) is 5.32 Å². The molecule has 2 amide bonds. The molecular formula is C27H30F3N5O3. The lowest BCUT2D eigenvalue weighted by Gasteiger charge is -2.33. The molecule has 0 saturated heterocycles. The molecule has 2 aromatic carbocycles. The van der Waals surface area contributed by atoms with E-state index in [1.54, 1.807) is 22.9 Å². The molecule has 0 aliphatic carbocycles. The van der Waals surface area contributed by atoms with Crippen LogP contribution < -0.4 is 16.0 Å². The number of halogens is 3. The van der Waals surface area contributed by atoms with Crippen molar-refractivity contribution >= 4 is 23.4 Å². The van der Waals surface area contributed by atoms with Crippen molar-refractivity contribution in [3.8, 4) is 0 Å². The van der Waals surface area contributed by atoms with E-state index in [0.717, 1.165) is 41.9 Å². The molecule has 38 heavy (non-hydrogen) atoms. The molecule has 1 unspecified atom stereocenters. The Bertz CT molecular complexity index is 1270. The molecule has 3 N–H and O–H groups in total. The molecule has 0 bridgehead atoms. The number of nitrogens with zero attached hydrogens (tertiary/aromatic N) is 3. The maximum Gasteiger partial charge on any atom is 0.416 e. The van der Waals surface area contributed by atoms with Crippen LogP contribution in [0.25, 0.3) is 0 Å². The summed E-state index contributed by atoms with van der Waals surface area (Å²) < 4.78 is 46.3. The van der Waals surface area contributed by atoms with Gasteiger partial charge in [-0.1, -0.05) is 25.5 Å². The highest BCUT2D eigenvalue weighted by Gasteiger charge is 2.32. The number of rotatable bonds is 9. The fourth-order valence-corrected chi connectivity index (χ4v) is 4.41. The number of anilines is 2. The molecule has 8 nitrogen and oxygen atoms in total. The van der Waals surface area contributed by atoms with Gasteiger partial charge < -0.3 is 20.7 Å². The van der Waals surface area contributed by atoms with Crippen LogP contribution in [0.15, 0.2) is 54.7 Å². The van der Waals surface area contributed by atoms with Gasteiger partial charge in [0, 0.05) is 30.5 Å². The molecule has 1 aliphatic rings. The van der Waals surface area contributed by atoms with Crippen LogP contribution in [0, 0.1) is 5.92 Å². The smallest absolute Gasteiger partial charge is 0.416 e. The largest absolute Gasteiger partial charge is 0.450 e. The number of alkyl carbamates (subject to hydrolysis) is 1. The molecule has 3 aromatic rings. The molecule has 0 radical (unpaired) electrons. The number of hydrogen-bond acceptors (Lipinski definition) is 5. The third-order valence-corrected chi connectivity index (χ3v) is 6.36. The average Bonchev–Trinajstić information content (AvgIpc) is 3.29. The van der Waals surface area contributed by atoms with E-state index in [9.17, 15) is 22.8 Å². The Balaban J connectivity index is 1.57. The molecular weight excluding hydrogens is 499 g/mol. The third kappa shape index (κ3) is 6.64. The van der Waals surface area contributed by atoms with Crippen LogP contribution in [0.1, 0.15) is 46.9 Å². The number of nitrogens with two attached hydrogens (primary N) is 1. The quantitative estimate of drug-likeness (QED) is 0.385. The zero-order valence-corrected chi connectivity index (χ0v) is 21.0. The van der Waals surface area contributed by atoms with Gasteiger partial charge in [-0.2, -0.15) is 18.3 Å². The van der Waals surface area contributed by atoms with Crippen LogP contribution in [0.3, 0.4) is 0 Å². The first-order valence-corrected chi connectivity index (χ1v) is 12.4. The number of alkyl halides is 3. The molecule has 202 valence electrons. The highest BCUT2D eigenvalue weighted by molar-refractivity contribution is 5.92. The Hall–Kier alpha value is -4.02. The lowest BCUT2D eigenvalue weighted by Crippen LogP contribution is -2.39. The van der Waals surface area contributed by atoms with E-state index in [1.807, 2.05) is 24.1 Å². The van der Waals surface area contributed by atoms with Gasteiger partial charge in [-0.15, -0.1) is 0 Å². The first kappa shape index (κ1) is 27.0. The number of aromatic nitrogens is 2. The molecule has 1 atom stereocenters. The van der Waals surface area contributed by atoms with E-state index in [-0.39, 0.29) is 5.92 Å². The number of carbonyl (C=O) groups is 2. The predicted octanol–water partition coefficient (Wildman–Crippen LogP) is 4.89. The zero-order chi connectivity index (χ0) is 27.3. The normalized spacial score (nSPS) is 15.2. The van der Waals surface area contributed by atoms with Crippen molar-refractivity contribution in [1.82, 2.24) is 15.1 Å². The number of amides is 2. The van der Waals surface area contributed by atoms with Gasteiger partial charge in [0.05, 0.1) is 30.1 Å². The van der Waals surface area contributed by atoms with Crippen molar-refractivity contribution in [3.63, 3.8) is 0 Å². The first-order valence-electron chi connectivity index (χ1n) is 12.4. The number of benzene rings is 2. The second-order valence-corrected chi connectivity index (χ2v) is 9.32. The van der Waals surface area contributed by atoms with Crippen molar-refractivity contribution in [3.05, 3.63) is 77.1 Å². The molecule has 11 heteroatoms. The summed E-state index contributed by atoms with van der Waals surface area (Å²) in [6, 6.07) is 11.9. The Morgan fingerprint density at radius 1 is 1.18 bits per heavy atom. The Labute approximate surface area is 218 Å². The van der Waals surface area contributed by atoms with Crippen LogP contribution >= 0.6 is 0 Å². The topological polar surface area (TPSA) is 102 Å². The molecule has 2 heterocycles. The molecule has 4 rings (SSSR count). The average molecular weight is 530 g/mol. The summed E-state index contributed by atoms with van der Waals surface area (Å²) in [5, 5.41) is 7.52. The lowest BCUT2D eigenvalue weighted by atomic mass is 9.96. The highest BCUT2D eigenvalue weighted by atomic mass is 19.4. The van der Waals surface area contributed by atoms with Crippen LogP contribution in [0.5, 0.6) is 0 Å². The number of primary amides is 1. The van der Waals surface area contributed by atoms with Gasteiger partial charge in [0.25, 0.3) is 0 Å². The predicted molar refractivity (Wildman–Crippen MR) is 136 cm³/mol. The number of ether oxygens (including phenoxy) is 1. The number of unbranched alkanes of at least 4 members (excludes halogenated alkanes) is 1. The van der Waals surface area contributed by atoms with E-state index in [1.165, 1.54) is 12.1 Å². The van der Waals surface area contributed by atoms with Crippen LogP contribution in [0.4, 0.5) is 29.3 Å². The molecule has 1 aromatic heterocycles. The van der Waals surface area contributed by atoms with Gasteiger partial charge in [-0.05, 0) is 60.7 Å². The summed E-state index contributed by atoms with van der Waals surface area (Å²) in [6.45, 7) is 3.52. The SMILES string of the molecule is CCCCOC(=O)NCC1Cc2nn(Cc3cccc(C(N)=O)c3)cc2N(c2ccc(C(F)(F)F)cc2)C1. The summed E-state index contributed by atoms with van der Waals surface area (Å²) in [6.07, 6.45) is -0.827. The first-order chi connectivity index (χ1) is 18.1. The van der Waals surface area contributed by atoms with Crippen molar-refractivity contribution in [2.45, 2.75) is 38.9 Å². The van der Waals surface area contributed by atoms with E-state index in [0.29, 0.717) is 43.9 Å². The van der Waals surface area contributed by atoms with Gasteiger partial charge in [0.2, 0.25) is 5.91 Å². The van der Waals surface area contributed by atoms with Crippen molar-refractivity contribution in [2.24, 2.45) is 11.7 Å². The number of fused-ring (bicyclic) bond motifs is 1. The minimum atomic E-state index is -4.43. The summed E-state index contributed by atoms with van der Waals surface area (Å²) in [7, 11) is 0. The monoisotopic (exact) mass is 529 g/mol. The maximum absolute atomic E-state index is 13.1. The minimum Gasteiger partial charge on any atom is -0.450 e. The fraction of sp³-hybridized carbons (Fsp3) is 0.370. The van der Waals surface area contributed by atoms with Gasteiger partial charge >= 0.3 is 12.3 Å². The number of nitrogens with one attached hydrogen (secondary N) is 1. The standard InChI is InChI=1S/C27H30F3N5O3/c1-2-3-11-38-26(37)32-14-19-13-23-24(35(16-19)22-9-7-21(8-10-22)27(28,29)30)17-34(33-23)15-18-5-4-6-20(12-18)25(31)36/h4-10,12,17,19H,2-3,11,13-16H2,1H3,(H2,31,36)(H,32,37). The molecule has 1 aliphatic heterocycles. The Kier molecular flexibility index (Phi) is 8.23. The van der Waals surface area contributed by atoms with Gasteiger partial charge in [-0.3, -0.25) is 9.48 Å². The van der Waals surface area contributed by atoms with Crippen LogP contribution in [-0.2, 0) is 23.9 Å². The maximum atomic E-state index is 13.1. The summed E-state index contributed by atoms with van der Waals surface area (Å²) >= 11 is 0. The third-order valence-electron chi connectivity index (χ3n) is 6.36. The second kappa shape index (κ2) is 11.6. The second-order valence-electron chi connectivity index (χ2n) is 9.32. The van der Waals surface area contributed by atoms with Crippen molar-refractivity contribution in [1.29, 1.82) is 0 Å². The van der Waals surface area contributed by atoms with E-state index >= 15 is 0 Å². The Morgan fingerprint density at radius 3 is 2.63 bits per heavy atom. The minimum absolute atomic E-state index is 0.0509. The van der Waals surface area contributed by atoms with Crippen LogP contribution in [0.2, 0.25) is 0 Å². The van der Waals surface area contributed by atoms with Gasteiger partial charge in [0.15, 0.2) is 0 Å². The highest BCUT2D eigenvalue weighted by Crippen LogP contribution is 2.37. The van der Waals surface area contributed by atoms with Gasteiger partial charge in [0.1, 0.15) is 0 Å². The summed E-state index contributed by atoms with van der Waals surface area (Å²) in [4.78, 5) is 25.5. The van der Waals surface area contributed by atoms with E-state index in [4.69, 9.17) is 15.6 Å². The zero-order valence-electron chi connectivity index (χ0n) is 21.0. The number of carbonyl (C=O) groups excluding carboxylic acids is 2. The van der Waals surface area contributed by atoms with Gasteiger partial charge in [-0.25, -0.2) is 4.79 Å². The van der Waals surface area contributed by atoms with Crippen LogP contribution in [-0.4, -0.2) is 41.5 Å². The van der Waals surface area contributed by atoms with Crippen molar-refractivity contribution < 1.29 is 27.5 Å². The molecule has 0 spiro atoms. The Morgan fingerprint density at radius 2 is 1.95 bits per heavy atom. The fourth-order valence-electron chi connectivity index (χ4n) is 4.41. The van der Waals surface area contributed by atoms with E-state index < -0.39 is 23.7 Å². The number of hydrogen-bond donors (Lipinski definition) is 2. The summed E-state index contributed by atoms with van der Waals surface area (Å²) in [5.41, 5.74) is 8.01. The molecule has 0 saturated carbocycles. The van der Waals surface area contributed by atoms with Crippen molar-refractivity contribution in [2.75, 3.05) is 24.6 Å². The summed E-state index contributed by atoms with van der Waals surface area (Å²) in [5.74, 6) is -0.575.